The zero-order valence-electron chi connectivity index (χ0n) is 9.76. The molecule has 20 heavy (non-hydrogen) atoms. The molecular formula is C11H6Cl2N4O2S. The van der Waals surface area contributed by atoms with Gasteiger partial charge in [0, 0.05) is 0 Å². The molecule has 0 fully saturated rings. The van der Waals surface area contributed by atoms with Crippen LogP contribution in [0, 0.1) is 0 Å². The summed E-state index contributed by atoms with van der Waals surface area (Å²) >= 11 is 12.7. The normalized spacial score (nSPS) is 11.1. The maximum absolute atomic E-state index is 11.9. The highest BCUT2D eigenvalue weighted by atomic mass is 35.5. The van der Waals surface area contributed by atoms with E-state index in [0.29, 0.717) is 16.0 Å². The minimum Gasteiger partial charge on any atom is -0.308 e. The molecule has 3 aromatic rings. The van der Waals surface area contributed by atoms with Gasteiger partial charge in [0.15, 0.2) is 5.15 Å². The van der Waals surface area contributed by atoms with Crippen LogP contribution >= 0.6 is 34.5 Å². The Bertz CT molecular complexity index is 915. The second kappa shape index (κ2) is 5.01. The van der Waals surface area contributed by atoms with Crippen molar-refractivity contribution in [3.63, 3.8) is 0 Å². The zero-order chi connectivity index (χ0) is 14.3. The largest absolute Gasteiger partial charge is 0.308 e. The number of halogens is 2. The van der Waals surface area contributed by atoms with E-state index in [-0.39, 0.29) is 22.3 Å². The quantitative estimate of drug-likeness (QED) is 0.728. The fourth-order valence-corrected chi connectivity index (χ4v) is 2.72. The molecule has 0 aliphatic rings. The van der Waals surface area contributed by atoms with Crippen LogP contribution in [0.25, 0.3) is 10.2 Å². The third-order valence-corrected chi connectivity index (χ3v) is 4.25. The van der Waals surface area contributed by atoms with E-state index in [9.17, 15) is 9.59 Å². The lowest BCUT2D eigenvalue weighted by Gasteiger charge is -2.05. The second-order valence-corrected chi connectivity index (χ2v) is 5.58. The fourth-order valence-electron chi connectivity index (χ4n) is 1.71. The molecule has 6 nitrogen and oxygen atoms in total. The molecule has 0 aliphatic carbocycles. The van der Waals surface area contributed by atoms with E-state index in [1.807, 2.05) is 0 Å². The number of rotatable bonds is 2. The van der Waals surface area contributed by atoms with E-state index < -0.39 is 5.56 Å². The Balaban J connectivity index is 2.08. The van der Waals surface area contributed by atoms with Gasteiger partial charge in [-0.2, -0.15) is 0 Å². The van der Waals surface area contributed by atoms with Crippen molar-refractivity contribution in [1.82, 2.24) is 19.5 Å². The zero-order valence-corrected chi connectivity index (χ0v) is 12.1. The van der Waals surface area contributed by atoms with Gasteiger partial charge in [-0.3, -0.25) is 14.2 Å². The molecule has 102 valence electrons. The number of H-pyrrole nitrogens is 1. The lowest BCUT2D eigenvalue weighted by molar-refractivity contribution is 0.698. The molecule has 0 radical (unpaired) electrons. The number of thiophene rings is 1. The van der Waals surface area contributed by atoms with E-state index in [1.54, 1.807) is 11.4 Å². The highest BCUT2D eigenvalue weighted by Gasteiger charge is 2.10. The van der Waals surface area contributed by atoms with Crippen LogP contribution in [0.15, 0.2) is 27.4 Å². The van der Waals surface area contributed by atoms with Crippen molar-refractivity contribution in [2.75, 3.05) is 0 Å². The van der Waals surface area contributed by atoms with Crippen LogP contribution in [0.4, 0.5) is 0 Å². The van der Waals surface area contributed by atoms with E-state index in [1.165, 1.54) is 22.2 Å². The summed E-state index contributed by atoms with van der Waals surface area (Å²) in [7, 11) is 0. The van der Waals surface area contributed by atoms with Gasteiger partial charge in [-0.25, -0.2) is 9.97 Å². The Kier molecular flexibility index (Phi) is 3.33. The number of fused-ring (bicyclic) bond motifs is 1. The van der Waals surface area contributed by atoms with Crippen molar-refractivity contribution < 1.29 is 0 Å². The molecule has 3 rings (SSSR count). The van der Waals surface area contributed by atoms with Gasteiger partial charge in [-0.1, -0.05) is 23.2 Å². The molecule has 0 aliphatic heterocycles. The number of hydrogen-bond acceptors (Lipinski definition) is 5. The minimum atomic E-state index is -0.486. The first-order valence-corrected chi connectivity index (χ1v) is 7.06. The third-order valence-electron chi connectivity index (χ3n) is 2.62. The summed E-state index contributed by atoms with van der Waals surface area (Å²) in [4.78, 5) is 34.4. The molecule has 0 atom stereocenters. The van der Waals surface area contributed by atoms with Crippen molar-refractivity contribution in [1.29, 1.82) is 0 Å². The van der Waals surface area contributed by atoms with Crippen LogP contribution < -0.4 is 11.1 Å². The average Bonchev–Trinajstić information content (AvgIpc) is 2.88. The van der Waals surface area contributed by atoms with Gasteiger partial charge in [-0.05, 0) is 11.4 Å². The van der Waals surface area contributed by atoms with Gasteiger partial charge in [-0.15, -0.1) is 11.3 Å². The summed E-state index contributed by atoms with van der Waals surface area (Å²) < 4.78 is 1.78. The van der Waals surface area contributed by atoms with Gasteiger partial charge in [0.25, 0.3) is 11.1 Å². The Morgan fingerprint density at radius 1 is 1.35 bits per heavy atom. The van der Waals surface area contributed by atoms with Crippen LogP contribution in [0.5, 0.6) is 0 Å². The van der Waals surface area contributed by atoms with E-state index >= 15 is 0 Å². The highest BCUT2D eigenvalue weighted by Crippen LogP contribution is 2.15. The summed E-state index contributed by atoms with van der Waals surface area (Å²) in [6.07, 6.45) is 1.26. The van der Waals surface area contributed by atoms with Crippen molar-refractivity contribution >= 4 is 44.8 Å². The van der Waals surface area contributed by atoms with Crippen LogP contribution in [0.2, 0.25) is 10.2 Å². The molecule has 0 amide bonds. The SMILES string of the molecule is O=c1[nH]c(Cn2cnc(Cl)c(Cl)c2=O)nc2ccsc12. The predicted molar refractivity (Wildman–Crippen MR) is 77.9 cm³/mol. The summed E-state index contributed by atoms with van der Waals surface area (Å²) in [6, 6.07) is 1.74. The Labute approximate surface area is 125 Å². The first-order valence-electron chi connectivity index (χ1n) is 5.43. The molecule has 3 heterocycles. The highest BCUT2D eigenvalue weighted by molar-refractivity contribution is 7.17. The topological polar surface area (TPSA) is 80.6 Å². The lowest BCUT2D eigenvalue weighted by atomic mass is 10.4. The molecule has 0 bridgehead atoms. The molecule has 0 unspecified atom stereocenters. The van der Waals surface area contributed by atoms with E-state index in [4.69, 9.17) is 23.2 Å². The van der Waals surface area contributed by atoms with E-state index in [0.717, 1.165) is 0 Å². The standard InChI is InChI=1S/C11H6Cl2N4O2S/c12-7-9(13)14-4-17(11(7)19)3-6-15-5-1-2-20-8(5)10(18)16-6/h1-2,4H,3H2,(H,15,16,18). The number of aromatic nitrogens is 4. The van der Waals surface area contributed by atoms with Gasteiger partial charge in [0.1, 0.15) is 15.5 Å². The second-order valence-electron chi connectivity index (χ2n) is 3.93. The smallest absolute Gasteiger partial charge is 0.274 e. The van der Waals surface area contributed by atoms with Crippen LogP contribution in [0.3, 0.4) is 0 Å². The summed E-state index contributed by atoms with van der Waals surface area (Å²) in [5, 5.41) is 1.57. The number of aromatic amines is 1. The maximum atomic E-state index is 11.9. The van der Waals surface area contributed by atoms with Crippen molar-refractivity contribution in [2.24, 2.45) is 0 Å². The van der Waals surface area contributed by atoms with Gasteiger partial charge in [0.2, 0.25) is 0 Å². The Hall–Kier alpha value is -1.70. The molecule has 1 N–H and O–H groups in total. The van der Waals surface area contributed by atoms with Crippen molar-refractivity contribution in [3.8, 4) is 0 Å². The maximum Gasteiger partial charge on any atom is 0.274 e. The molecule has 9 heteroatoms. The molecule has 0 aromatic carbocycles. The summed E-state index contributed by atoms with van der Waals surface area (Å²) in [5.74, 6) is 0.350. The lowest BCUT2D eigenvalue weighted by Crippen LogP contribution is -2.24. The fraction of sp³-hybridized carbons (Fsp3) is 0.0909. The number of hydrogen-bond donors (Lipinski definition) is 1. The number of nitrogens with zero attached hydrogens (tertiary/aromatic N) is 3. The van der Waals surface area contributed by atoms with Gasteiger partial charge in [0.05, 0.1) is 18.4 Å². The van der Waals surface area contributed by atoms with Crippen LogP contribution in [-0.2, 0) is 6.54 Å². The van der Waals surface area contributed by atoms with Crippen LogP contribution in [-0.4, -0.2) is 19.5 Å². The molecule has 0 saturated carbocycles. The Morgan fingerprint density at radius 3 is 2.95 bits per heavy atom. The van der Waals surface area contributed by atoms with Crippen molar-refractivity contribution in [2.45, 2.75) is 6.54 Å². The minimum absolute atomic E-state index is 0.0531. The molecule has 0 spiro atoms. The molecule has 3 aromatic heterocycles. The van der Waals surface area contributed by atoms with Gasteiger partial charge >= 0.3 is 0 Å². The summed E-state index contributed by atoms with van der Waals surface area (Å²) in [5.41, 5.74) is -0.129. The monoisotopic (exact) mass is 328 g/mol. The first-order chi connectivity index (χ1) is 9.56. The van der Waals surface area contributed by atoms with Crippen LogP contribution in [0.1, 0.15) is 5.82 Å². The third kappa shape index (κ3) is 2.24. The average molecular weight is 329 g/mol. The van der Waals surface area contributed by atoms with Crippen molar-refractivity contribution in [3.05, 3.63) is 54.5 Å². The van der Waals surface area contributed by atoms with Gasteiger partial charge < -0.3 is 4.98 Å². The first kappa shape index (κ1) is 13.3. The summed E-state index contributed by atoms with van der Waals surface area (Å²) in [6.45, 7) is 0.0593. The molecule has 0 saturated heterocycles. The Morgan fingerprint density at radius 2 is 2.15 bits per heavy atom. The number of nitrogens with one attached hydrogen (secondary N) is 1. The molecular weight excluding hydrogens is 323 g/mol. The van der Waals surface area contributed by atoms with E-state index in [2.05, 4.69) is 15.0 Å². The predicted octanol–water partition coefficient (Wildman–Crippen LogP) is 1.90.